The number of rotatable bonds is 1. The average Bonchev–Trinajstić information content (AvgIpc) is 2.88. The lowest BCUT2D eigenvalue weighted by Gasteiger charge is -2.35. The van der Waals surface area contributed by atoms with Crippen molar-refractivity contribution in [3.63, 3.8) is 0 Å². The van der Waals surface area contributed by atoms with E-state index in [0.717, 1.165) is 25.7 Å². The molecule has 0 radical (unpaired) electrons. The molecular weight excluding hydrogens is 288 g/mol. The second-order valence-electron chi connectivity index (χ2n) is 8.28. The molecule has 2 rings (SSSR count). The van der Waals surface area contributed by atoms with Crippen molar-refractivity contribution in [1.29, 1.82) is 0 Å². The lowest BCUT2D eigenvalue weighted by Crippen LogP contribution is -2.45. The molecule has 2 aliphatic heterocycles. The molecule has 0 aliphatic carbocycles. The predicted molar refractivity (Wildman–Crippen MR) is 94.3 cm³/mol. The largest absolute Gasteiger partial charge is 0.390 e. The van der Waals surface area contributed by atoms with E-state index in [2.05, 4.69) is 32.9 Å². The Morgan fingerprint density at radius 3 is 2.48 bits per heavy atom. The SMILES string of the molecule is C/C1=C\C=C(\C(C)C)CC[C@@](C)(O)[C@@H]2CC[C@@](C)(O2)[C@@H](O)CC1. The van der Waals surface area contributed by atoms with Crippen molar-refractivity contribution in [3.05, 3.63) is 23.3 Å². The molecule has 1 saturated heterocycles. The summed E-state index contributed by atoms with van der Waals surface area (Å²) in [6.07, 6.45) is 8.50. The summed E-state index contributed by atoms with van der Waals surface area (Å²) < 4.78 is 6.18. The molecule has 2 N–H and O–H groups in total. The van der Waals surface area contributed by atoms with E-state index in [9.17, 15) is 10.2 Å². The second kappa shape index (κ2) is 7.08. The van der Waals surface area contributed by atoms with Crippen molar-refractivity contribution < 1.29 is 14.9 Å². The number of aliphatic hydroxyl groups is 2. The van der Waals surface area contributed by atoms with Crippen LogP contribution in [0.2, 0.25) is 0 Å². The zero-order valence-corrected chi connectivity index (χ0v) is 15.4. The van der Waals surface area contributed by atoms with Gasteiger partial charge in [-0.1, -0.05) is 37.1 Å². The standard InChI is InChI=1S/C20H34O3/c1-14(2)16-8-6-15(3)7-9-17(21)20(5)13-11-18(23-20)19(4,22)12-10-16/h6,8,14,17-18,21-22H,7,9-13H2,1-5H3/b15-6+,16-8+/t17-,18-,19+,20+/m0/s1. The molecular formula is C20H34O3. The molecule has 3 nitrogen and oxygen atoms in total. The normalized spacial score (nSPS) is 44.5. The molecule has 0 unspecified atom stereocenters. The Kier molecular flexibility index (Phi) is 5.76. The van der Waals surface area contributed by atoms with E-state index in [-0.39, 0.29) is 6.10 Å². The van der Waals surface area contributed by atoms with E-state index in [1.807, 2.05) is 13.8 Å². The van der Waals surface area contributed by atoms with Crippen LogP contribution in [0.1, 0.15) is 73.1 Å². The highest BCUT2D eigenvalue weighted by Gasteiger charge is 2.47. The zero-order valence-electron chi connectivity index (χ0n) is 15.4. The molecule has 1 fully saturated rings. The maximum Gasteiger partial charge on any atom is 0.0918 e. The number of hydrogen-bond donors (Lipinski definition) is 2. The maximum atomic E-state index is 10.9. The van der Waals surface area contributed by atoms with Crippen LogP contribution in [-0.4, -0.2) is 33.6 Å². The maximum absolute atomic E-state index is 10.9. The molecule has 0 amide bonds. The summed E-state index contributed by atoms with van der Waals surface area (Å²) in [7, 11) is 0. The van der Waals surface area contributed by atoms with Crippen molar-refractivity contribution in [2.75, 3.05) is 0 Å². The van der Waals surface area contributed by atoms with Crippen LogP contribution < -0.4 is 0 Å². The minimum Gasteiger partial charge on any atom is -0.390 e. The summed E-state index contributed by atoms with van der Waals surface area (Å²) >= 11 is 0. The molecule has 2 heterocycles. The van der Waals surface area contributed by atoms with Gasteiger partial charge in [0.1, 0.15) is 0 Å². The molecule has 4 atom stereocenters. The molecule has 0 aromatic rings. The van der Waals surface area contributed by atoms with E-state index in [1.165, 1.54) is 11.1 Å². The van der Waals surface area contributed by atoms with Crippen molar-refractivity contribution >= 4 is 0 Å². The van der Waals surface area contributed by atoms with E-state index >= 15 is 0 Å². The Labute approximate surface area is 141 Å². The Bertz CT molecular complexity index is 475. The fourth-order valence-electron chi connectivity index (χ4n) is 3.67. The van der Waals surface area contributed by atoms with Crippen molar-refractivity contribution in [1.82, 2.24) is 0 Å². The first-order chi connectivity index (χ1) is 10.6. The van der Waals surface area contributed by atoms with Crippen LogP contribution in [0.25, 0.3) is 0 Å². The molecule has 0 spiro atoms. The summed E-state index contributed by atoms with van der Waals surface area (Å²) in [4.78, 5) is 0. The third-order valence-corrected chi connectivity index (χ3v) is 5.77. The van der Waals surface area contributed by atoms with Crippen LogP contribution in [-0.2, 0) is 4.74 Å². The first-order valence-corrected chi connectivity index (χ1v) is 9.08. The van der Waals surface area contributed by atoms with Gasteiger partial charge in [0.05, 0.1) is 23.4 Å². The van der Waals surface area contributed by atoms with Gasteiger partial charge < -0.3 is 14.9 Å². The van der Waals surface area contributed by atoms with E-state index in [4.69, 9.17) is 4.74 Å². The minimum absolute atomic E-state index is 0.189. The third-order valence-electron chi connectivity index (χ3n) is 5.77. The minimum atomic E-state index is -0.849. The molecule has 0 saturated carbocycles. The monoisotopic (exact) mass is 322 g/mol. The number of fused-ring (bicyclic) bond motifs is 2. The molecule has 132 valence electrons. The summed E-state index contributed by atoms with van der Waals surface area (Å²) in [5.74, 6) is 0.473. The Hall–Kier alpha value is -0.640. The summed E-state index contributed by atoms with van der Waals surface area (Å²) in [5, 5.41) is 21.5. The van der Waals surface area contributed by atoms with E-state index in [1.54, 1.807) is 0 Å². The van der Waals surface area contributed by atoms with Gasteiger partial charge in [-0.25, -0.2) is 0 Å². The average molecular weight is 322 g/mol. The van der Waals surface area contributed by atoms with Gasteiger partial charge in [0.25, 0.3) is 0 Å². The van der Waals surface area contributed by atoms with Crippen molar-refractivity contribution in [2.45, 2.75) is 96.6 Å². The Morgan fingerprint density at radius 2 is 1.83 bits per heavy atom. The number of ether oxygens (including phenoxy) is 1. The van der Waals surface area contributed by atoms with Gasteiger partial charge >= 0.3 is 0 Å². The third kappa shape index (κ3) is 4.46. The Morgan fingerprint density at radius 1 is 1.13 bits per heavy atom. The van der Waals surface area contributed by atoms with Crippen LogP contribution in [0, 0.1) is 5.92 Å². The summed E-state index contributed by atoms with van der Waals surface area (Å²) in [6, 6.07) is 0. The lowest BCUT2D eigenvalue weighted by molar-refractivity contribution is -0.160. The van der Waals surface area contributed by atoms with Gasteiger partial charge in [-0.2, -0.15) is 0 Å². The van der Waals surface area contributed by atoms with Gasteiger partial charge in [0, 0.05) is 0 Å². The zero-order chi connectivity index (χ0) is 17.3. The van der Waals surface area contributed by atoms with Crippen molar-refractivity contribution in [2.24, 2.45) is 5.92 Å². The first-order valence-electron chi connectivity index (χ1n) is 9.08. The van der Waals surface area contributed by atoms with Gasteiger partial charge in [-0.15, -0.1) is 0 Å². The van der Waals surface area contributed by atoms with Crippen LogP contribution in [0.4, 0.5) is 0 Å². The van der Waals surface area contributed by atoms with Crippen LogP contribution in [0.3, 0.4) is 0 Å². The van der Waals surface area contributed by atoms with Crippen LogP contribution >= 0.6 is 0 Å². The molecule has 23 heavy (non-hydrogen) atoms. The fraction of sp³-hybridized carbons (Fsp3) is 0.800. The quantitative estimate of drug-likeness (QED) is 0.763. The highest BCUT2D eigenvalue weighted by atomic mass is 16.5. The number of allylic oxidation sites excluding steroid dienone is 4. The second-order valence-corrected chi connectivity index (χ2v) is 8.28. The molecule has 3 heteroatoms. The highest BCUT2D eigenvalue weighted by Crippen LogP contribution is 2.41. The first kappa shape index (κ1) is 18.7. The summed E-state index contributed by atoms with van der Waals surface area (Å²) in [6.45, 7) is 10.4. The topological polar surface area (TPSA) is 49.7 Å². The fourth-order valence-corrected chi connectivity index (χ4v) is 3.67. The van der Waals surface area contributed by atoms with Crippen LogP contribution in [0.5, 0.6) is 0 Å². The molecule has 0 aromatic carbocycles. The van der Waals surface area contributed by atoms with Crippen LogP contribution in [0.15, 0.2) is 23.3 Å². The summed E-state index contributed by atoms with van der Waals surface area (Å²) in [5.41, 5.74) is 1.27. The molecule has 0 aromatic heterocycles. The predicted octanol–water partition coefficient (Wildman–Crippen LogP) is 4.14. The lowest BCUT2D eigenvalue weighted by atomic mass is 9.85. The van der Waals surface area contributed by atoms with Crippen molar-refractivity contribution in [3.8, 4) is 0 Å². The number of aliphatic hydroxyl groups excluding tert-OH is 1. The van der Waals surface area contributed by atoms with E-state index < -0.39 is 17.3 Å². The number of hydrogen-bond acceptors (Lipinski definition) is 3. The Balaban J connectivity index is 2.27. The van der Waals surface area contributed by atoms with Gasteiger partial charge in [0.2, 0.25) is 0 Å². The molecule has 2 aliphatic rings. The van der Waals surface area contributed by atoms with E-state index in [0.29, 0.717) is 18.8 Å². The van der Waals surface area contributed by atoms with Gasteiger partial charge in [0.15, 0.2) is 0 Å². The van der Waals surface area contributed by atoms with Gasteiger partial charge in [-0.3, -0.25) is 0 Å². The molecule has 2 bridgehead atoms. The highest BCUT2D eigenvalue weighted by molar-refractivity contribution is 5.19. The van der Waals surface area contributed by atoms with Gasteiger partial charge in [-0.05, 0) is 65.2 Å². The smallest absolute Gasteiger partial charge is 0.0918 e.